The highest BCUT2D eigenvalue weighted by Crippen LogP contribution is 2.37. The number of nitrogens with zero attached hydrogens (tertiary/aromatic N) is 4. The second-order valence-electron chi connectivity index (χ2n) is 7.94. The lowest BCUT2D eigenvalue weighted by molar-refractivity contribution is 0.239. The highest BCUT2D eigenvalue weighted by atomic mass is 15.3. The van der Waals surface area contributed by atoms with Gasteiger partial charge in [0.15, 0.2) is 0 Å². The molecule has 3 aromatic rings. The van der Waals surface area contributed by atoms with Crippen molar-refractivity contribution in [2.45, 2.75) is 26.2 Å². The van der Waals surface area contributed by atoms with Crippen molar-refractivity contribution in [1.29, 1.82) is 0 Å². The Bertz CT molecular complexity index is 958. The molecule has 2 saturated heterocycles. The third-order valence-electron chi connectivity index (χ3n) is 5.84. The fourth-order valence-electron chi connectivity index (χ4n) is 4.41. The van der Waals surface area contributed by atoms with Crippen molar-refractivity contribution < 1.29 is 0 Å². The fourth-order valence-corrected chi connectivity index (χ4v) is 4.41. The molecule has 0 bridgehead atoms. The number of nitrogens with one attached hydrogen (secondary N) is 3. The highest BCUT2D eigenvalue weighted by Gasteiger charge is 2.39. The van der Waals surface area contributed by atoms with Gasteiger partial charge in [0.1, 0.15) is 5.82 Å². The standard InChI is InChI=1S/C20H25N7/c1-14-9-18(24-16-3-4-17-15(10-16)11-22-26-17)25-19(23-14)27-8-6-20(13-27)5-2-7-21-12-20/h3-4,9-11,21H,2,5-8,12-13H2,1H3,(H,22,26)(H,23,24,25). The average molecular weight is 363 g/mol. The maximum absolute atomic E-state index is 4.82. The third-order valence-corrected chi connectivity index (χ3v) is 5.84. The van der Waals surface area contributed by atoms with E-state index in [2.05, 4.69) is 31.8 Å². The maximum Gasteiger partial charge on any atom is 0.227 e. The van der Waals surface area contributed by atoms with Gasteiger partial charge in [-0.2, -0.15) is 10.1 Å². The molecule has 140 valence electrons. The number of aryl methyl sites for hydroxylation is 1. The van der Waals surface area contributed by atoms with Crippen LogP contribution in [0.3, 0.4) is 0 Å². The normalized spacial score (nSPS) is 22.6. The predicted octanol–water partition coefficient (Wildman–Crippen LogP) is 2.98. The average Bonchev–Trinajstić information content (AvgIpc) is 3.29. The molecule has 1 spiro atoms. The molecule has 0 radical (unpaired) electrons. The van der Waals surface area contributed by atoms with Gasteiger partial charge in [-0.25, -0.2) is 4.98 Å². The van der Waals surface area contributed by atoms with Gasteiger partial charge in [-0.15, -0.1) is 0 Å². The van der Waals surface area contributed by atoms with Crippen LogP contribution in [0.25, 0.3) is 10.9 Å². The van der Waals surface area contributed by atoms with E-state index < -0.39 is 0 Å². The number of aromatic amines is 1. The molecule has 27 heavy (non-hydrogen) atoms. The number of aromatic nitrogens is 4. The third kappa shape index (κ3) is 3.23. The number of hydrogen-bond acceptors (Lipinski definition) is 6. The van der Waals surface area contributed by atoms with Crippen molar-refractivity contribution >= 4 is 28.4 Å². The summed E-state index contributed by atoms with van der Waals surface area (Å²) in [5.41, 5.74) is 3.41. The maximum atomic E-state index is 4.82. The first-order valence-electron chi connectivity index (χ1n) is 9.71. The quantitative estimate of drug-likeness (QED) is 0.664. The number of H-pyrrole nitrogens is 1. The van der Waals surface area contributed by atoms with Gasteiger partial charge in [0.05, 0.1) is 11.7 Å². The van der Waals surface area contributed by atoms with E-state index in [-0.39, 0.29) is 0 Å². The summed E-state index contributed by atoms with van der Waals surface area (Å²) in [6.07, 6.45) is 5.63. The van der Waals surface area contributed by atoms with Crippen LogP contribution in [0.15, 0.2) is 30.5 Å². The number of fused-ring (bicyclic) bond motifs is 1. The first-order chi connectivity index (χ1) is 13.2. The van der Waals surface area contributed by atoms with Crippen molar-refractivity contribution in [2.24, 2.45) is 5.41 Å². The number of piperidine rings is 1. The van der Waals surface area contributed by atoms with Crippen molar-refractivity contribution in [2.75, 3.05) is 36.4 Å². The molecule has 3 N–H and O–H groups in total. The van der Waals surface area contributed by atoms with E-state index in [1.807, 2.05) is 31.3 Å². The minimum atomic E-state index is 0.394. The summed E-state index contributed by atoms with van der Waals surface area (Å²) in [7, 11) is 0. The van der Waals surface area contributed by atoms with Gasteiger partial charge in [0.25, 0.3) is 0 Å². The topological polar surface area (TPSA) is 81.8 Å². The Balaban J connectivity index is 1.38. The van der Waals surface area contributed by atoms with Gasteiger partial charge in [-0.05, 0) is 50.9 Å². The first kappa shape index (κ1) is 16.5. The van der Waals surface area contributed by atoms with E-state index in [0.29, 0.717) is 5.41 Å². The van der Waals surface area contributed by atoms with Crippen molar-refractivity contribution in [3.63, 3.8) is 0 Å². The number of rotatable bonds is 3. The van der Waals surface area contributed by atoms with Gasteiger partial charge >= 0.3 is 0 Å². The van der Waals surface area contributed by atoms with E-state index in [1.54, 1.807) is 0 Å². The molecule has 7 nitrogen and oxygen atoms in total. The number of hydrogen-bond donors (Lipinski definition) is 3. The van der Waals surface area contributed by atoms with Crippen molar-refractivity contribution in [3.05, 3.63) is 36.2 Å². The zero-order chi connectivity index (χ0) is 18.3. The molecular formula is C20H25N7. The molecule has 1 aromatic carbocycles. The van der Waals surface area contributed by atoms with Gasteiger partial charge in [-0.1, -0.05) is 0 Å². The summed E-state index contributed by atoms with van der Waals surface area (Å²) in [6, 6.07) is 8.14. The SMILES string of the molecule is Cc1cc(Nc2ccc3[nH]ncc3c2)nc(N2CCC3(CCCNC3)C2)n1. The van der Waals surface area contributed by atoms with Crippen LogP contribution in [-0.4, -0.2) is 46.3 Å². The van der Waals surface area contributed by atoms with Crippen LogP contribution in [0.1, 0.15) is 25.0 Å². The summed E-state index contributed by atoms with van der Waals surface area (Å²) < 4.78 is 0. The van der Waals surface area contributed by atoms with Crippen LogP contribution in [-0.2, 0) is 0 Å². The Hall–Kier alpha value is -2.67. The van der Waals surface area contributed by atoms with E-state index in [1.165, 1.54) is 19.3 Å². The summed E-state index contributed by atoms with van der Waals surface area (Å²) in [6.45, 7) is 6.38. The van der Waals surface area contributed by atoms with E-state index >= 15 is 0 Å². The zero-order valence-corrected chi connectivity index (χ0v) is 15.6. The van der Waals surface area contributed by atoms with Gasteiger partial charge in [0, 0.05) is 47.9 Å². The molecule has 5 rings (SSSR count). The van der Waals surface area contributed by atoms with Crippen LogP contribution in [0.5, 0.6) is 0 Å². The minimum absolute atomic E-state index is 0.394. The number of anilines is 3. The van der Waals surface area contributed by atoms with Crippen LogP contribution >= 0.6 is 0 Å². The second kappa shape index (κ2) is 6.49. The van der Waals surface area contributed by atoms with Crippen molar-refractivity contribution in [3.8, 4) is 0 Å². The van der Waals surface area contributed by atoms with Crippen LogP contribution in [0, 0.1) is 12.3 Å². The highest BCUT2D eigenvalue weighted by molar-refractivity contribution is 5.82. The lowest BCUT2D eigenvalue weighted by atomic mass is 9.80. The van der Waals surface area contributed by atoms with Crippen LogP contribution in [0.4, 0.5) is 17.5 Å². The van der Waals surface area contributed by atoms with E-state index in [4.69, 9.17) is 9.97 Å². The molecule has 1 atom stereocenters. The number of benzene rings is 1. The smallest absolute Gasteiger partial charge is 0.227 e. The van der Waals surface area contributed by atoms with Crippen LogP contribution in [0.2, 0.25) is 0 Å². The second-order valence-corrected chi connectivity index (χ2v) is 7.94. The summed E-state index contributed by atoms with van der Waals surface area (Å²) in [4.78, 5) is 11.9. The Morgan fingerprint density at radius 2 is 2.15 bits per heavy atom. The Labute approximate surface area is 158 Å². The molecule has 1 unspecified atom stereocenters. The Kier molecular flexibility index (Phi) is 3.97. The molecule has 0 saturated carbocycles. The summed E-state index contributed by atoms with van der Waals surface area (Å²) in [5, 5.41) is 15.1. The molecule has 2 aromatic heterocycles. The Morgan fingerprint density at radius 1 is 1.19 bits per heavy atom. The Morgan fingerprint density at radius 3 is 3.04 bits per heavy atom. The lowest BCUT2D eigenvalue weighted by Gasteiger charge is -2.33. The predicted molar refractivity (Wildman–Crippen MR) is 108 cm³/mol. The molecule has 0 aliphatic carbocycles. The lowest BCUT2D eigenvalue weighted by Crippen LogP contribution is -2.42. The van der Waals surface area contributed by atoms with Crippen molar-refractivity contribution in [1.82, 2.24) is 25.5 Å². The summed E-state index contributed by atoms with van der Waals surface area (Å²) in [5.74, 6) is 1.67. The monoisotopic (exact) mass is 363 g/mol. The molecule has 0 amide bonds. The van der Waals surface area contributed by atoms with E-state index in [9.17, 15) is 0 Å². The van der Waals surface area contributed by atoms with Gasteiger partial charge in [-0.3, -0.25) is 5.10 Å². The molecule has 4 heterocycles. The van der Waals surface area contributed by atoms with Crippen LogP contribution < -0.4 is 15.5 Å². The van der Waals surface area contributed by atoms with E-state index in [0.717, 1.165) is 60.2 Å². The molecule has 2 aliphatic heterocycles. The first-order valence-corrected chi connectivity index (χ1v) is 9.71. The molecule has 7 heteroatoms. The molecular weight excluding hydrogens is 338 g/mol. The zero-order valence-electron chi connectivity index (χ0n) is 15.6. The molecule has 2 fully saturated rings. The fraction of sp³-hybridized carbons (Fsp3) is 0.450. The minimum Gasteiger partial charge on any atom is -0.340 e. The van der Waals surface area contributed by atoms with Gasteiger partial charge in [0.2, 0.25) is 5.95 Å². The summed E-state index contributed by atoms with van der Waals surface area (Å²) >= 11 is 0. The van der Waals surface area contributed by atoms with Gasteiger partial charge < -0.3 is 15.5 Å². The molecule has 2 aliphatic rings. The largest absolute Gasteiger partial charge is 0.340 e.